The molecule has 1 heterocycles. The number of nitrogens with one attached hydrogen (secondary N) is 1. The van der Waals surface area contributed by atoms with Gasteiger partial charge in [-0.25, -0.2) is 0 Å². The van der Waals surface area contributed by atoms with Gasteiger partial charge in [-0.1, -0.05) is 70.4 Å². The number of nitrogens with zero attached hydrogens (tertiary/aromatic N) is 2. The topological polar surface area (TPSA) is 69.7 Å². The highest BCUT2D eigenvalue weighted by molar-refractivity contribution is 5.98. The maximum absolute atomic E-state index is 13.4. The molecule has 0 spiro atoms. The summed E-state index contributed by atoms with van der Waals surface area (Å²) >= 11 is 0. The van der Waals surface area contributed by atoms with Gasteiger partial charge in [0, 0.05) is 37.3 Å². The van der Waals surface area contributed by atoms with E-state index in [1.54, 1.807) is 9.80 Å². The molecule has 0 bridgehead atoms. The molecular formula is C29H39N3O3. The second kappa shape index (κ2) is 13.1. The van der Waals surface area contributed by atoms with Crippen molar-refractivity contribution in [3.05, 3.63) is 71.3 Å². The minimum atomic E-state index is -0.590. The van der Waals surface area contributed by atoms with Gasteiger partial charge in [0.05, 0.1) is 0 Å². The Hall–Kier alpha value is -3.15. The highest BCUT2D eigenvalue weighted by atomic mass is 16.2. The van der Waals surface area contributed by atoms with Crippen molar-refractivity contribution in [3.8, 4) is 0 Å². The SMILES string of the molecule is CCCCCc1ccc(C(=O)NC(C(=O)N2CCN(C(=O)c3ccccc3)CC2)C(C)CC)cc1. The molecule has 1 N–H and O–H groups in total. The van der Waals surface area contributed by atoms with Gasteiger partial charge in [0.1, 0.15) is 6.04 Å². The molecule has 1 aliphatic rings. The number of piperazine rings is 1. The number of amides is 3. The zero-order valence-corrected chi connectivity index (χ0v) is 21.3. The zero-order valence-electron chi connectivity index (χ0n) is 21.3. The number of hydrogen-bond acceptors (Lipinski definition) is 3. The van der Waals surface area contributed by atoms with E-state index in [-0.39, 0.29) is 23.6 Å². The van der Waals surface area contributed by atoms with Crippen LogP contribution < -0.4 is 5.32 Å². The molecule has 6 heteroatoms. The molecule has 1 aliphatic heterocycles. The van der Waals surface area contributed by atoms with Crippen LogP contribution in [0.25, 0.3) is 0 Å². The first kappa shape index (κ1) is 26.5. The summed E-state index contributed by atoms with van der Waals surface area (Å²) in [5.41, 5.74) is 2.46. The van der Waals surface area contributed by atoms with Crippen LogP contribution in [-0.4, -0.2) is 59.7 Å². The lowest BCUT2D eigenvalue weighted by Crippen LogP contribution is -2.57. The molecule has 35 heavy (non-hydrogen) atoms. The Bertz CT molecular complexity index is 966. The van der Waals surface area contributed by atoms with Crippen LogP contribution in [-0.2, 0) is 11.2 Å². The predicted molar refractivity (Wildman–Crippen MR) is 139 cm³/mol. The molecule has 2 aromatic carbocycles. The van der Waals surface area contributed by atoms with E-state index in [0.717, 1.165) is 19.3 Å². The predicted octanol–water partition coefficient (Wildman–Crippen LogP) is 4.55. The van der Waals surface area contributed by atoms with E-state index >= 15 is 0 Å². The molecule has 2 aromatic rings. The molecule has 188 valence electrons. The molecule has 1 fully saturated rings. The Balaban J connectivity index is 1.59. The molecule has 3 amide bonds. The van der Waals surface area contributed by atoms with Crippen LogP contribution in [0.15, 0.2) is 54.6 Å². The van der Waals surface area contributed by atoms with E-state index < -0.39 is 6.04 Å². The Morgan fingerprint density at radius 2 is 1.46 bits per heavy atom. The van der Waals surface area contributed by atoms with Gasteiger partial charge in [-0.3, -0.25) is 14.4 Å². The Kier molecular flexibility index (Phi) is 9.88. The number of benzene rings is 2. The molecular weight excluding hydrogens is 438 g/mol. The third kappa shape index (κ3) is 7.17. The van der Waals surface area contributed by atoms with Gasteiger partial charge in [0.15, 0.2) is 0 Å². The van der Waals surface area contributed by atoms with Crippen LogP contribution in [0.3, 0.4) is 0 Å². The van der Waals surface area contributed by atoms with Crippen molar-refractivity contribution in [1.82, 2.24) is 15.1 Å². The van der Waals surface area contributed by atoms with E-state index in [0.29, 0.717) is 37.3 Å². The Labute approximate surface area is 209 Å². The average Bonchev–Trinajstić information content (AvgIpc) is 2.91. The van der Waals surface area contributed by atoms with Crippen LogP contribution in [0.5, 0.6) is 0 Å². The first-order valence-electron chi connectivity index (χ1n) is 13.0. The third-order valence-electron chi connectivity index (χ3n) is 6.95. The number of aryl methyl sites for hydroxylation is 1. The molecule has 0 radical (unpaired) electrons. The average molecular weight is 478 g/mol. The summed E-state index contributed by atoms with van der Waals surface area (Å²) in [6.45, 7) is 8.11. The quantitative estimate of drug-likeness (QED) is 0.511. The van der Waals surface area contributed by atoms with Crippen LogP contribution in [0, 0.1) is 5.92 Å². The second-order valence-corrected chi connectivity index (χ2v) is 9.47. The highest BCUT2D eigenvalue weighted by Crippen LogP contribution is 2.16. The van der Waals surface area contributed by atoms with Gasteiger partial charge in [0.25, 0.3) is 11.8 Å². The van der Waals surface area contributed by atoms with Crippen LogP contribution in [0.1, 0.15) is 72.7 Å². The van der Waals surface area contributed by atoms with E-state index in [1.165, 1.54) is 18.4 Å². The van der Waals surface area contributed by atoms with Crippen molar-refractivity contribution in [1.29, 1.82) is 0 Å². The van der Waals surface area contributed by atoms with Crippen molar-refractivity contribution in [3.63, 3.8) is 0 Å². The third-order valence-corrected chi connectivity index (χ3v) is 6.95. The summed E-state index contributed by atoms with van der Waals surface area (Å²) in [4.78, 5) is 42.7. The summed E-state index contributed by atoms with van der Waals surface area (Å²) in [5, 5.41) is 3.00. The molecule has 3 rings (SSSR count). The number of unbranched alkanes of at least 4 members (excludes halogenated alkanes) is 2. The van der Waals surface area contributed by atoms with Crippen molar-refractivity contribution >= 4 is 17.7 Å². The largest absolute Gasteiger partial charge is 0.340 e. The minimum absolute atomic E-state index is 0.00347. The van der Waals surface area contributed by atoms with Crippen molar-refractivity contribution in [2.24, 2.45) is 5.92 Å². The molecule has 2 unspecified atom stereocenters. The Morgan fingerprint density at radius 3 is 2.06 bits per heavy atom. The van der Waals surface area contributed by atoms with E-state index in [9.17, 15) is 14.4 Å². The fourth-order valence-corrected chi connectivity index (χ4v) is 4.40. The number of carbonyl (C=O) groups is 3. The van der Waals surface area contributed by atoms with Crippen molar-refractivity contribution in [2.45, 2.75) is 58.9 Å². The first-order valence-corrected chi connectivity index (χ1v) is 13.0. The lowest BCUT2D eigenvalue weighted by Gasteiger charge is -2.37. The monoisotopic (exact) mass is 477 g/mol. The lowest BCUT2D eigenvalue weighted by atomic mass is 9.96. The van der Waals surface area contributed by atoms with Crippen LogP contribution in [0.4, 0.5) is 0 Å². The van der Waals surface area contributed by atoms with Gasteiger partial charge in [-0.05, 0) is 48.6 Å². The first-order chi connectivity index (χ1) is 16.9. The van der Waals surface area contributed by atoms with Gasteiger partial charge < -0.3 is 15.1 Å². The summed E-state index contributed by atoms with van der Waals surface area (Å²) in [5.74, 6) is -0.302. The second-order valence-electron chi connectivity index (χ2n) is 9.47. The molecule has 0 aliphatic carbocycles. The van der Waals surface area contributed by atoms with E-state index in [1.807, 2.05) is 68.4 Å². The van der Waals surface area contributed by atoms with Gasteiger partial charge >= 0.3 is 0 Å². The minimum Gasteiger partial charge on any atom is -0.340 e. The highest BCUT2D eigenvalue weighted by Gasteiger charge is 2.33. The van der Waals surface area contributed by atoms with Gasteiger partial charge in [-0.15, -0.1) is 0 Å². The molecule has 6 nitrogen and oxygen atoms in total. The van der Waals surface area contributed by atoms with Crippen LogP contribution in [0.2, 0.25) is 0 Å². The van der Waals surface area contributed by atoms with E-state index in [2.05, 4.69) is 12.2 Å². The van der Waals surface area contributed by atoms with Crippen LogP contribution >= 0.6 is 0 Å². The fourth-order valence-electron chi connectivity index (χ4n) is 4.40. The van der Waals surface area contributed by atoms with Crippen molar-refractivity contribution in [2.75, 3.05) is 26.2 Å². The summed E-state index contributed by atoms with van der Waals surface area (Å²) < 4.78 is 0. The number of hydrogen-bond donors (Lipinski definition) is 1. The summed E-state index contributed by atoms with van der Waals surface area (Å²) in [7, 11) is 0. The fraction of sp³-hybridized carbons (Fsp3) is 0.483. The lowest BCUT2D eigenvalue weighted by molar-refractivity contribution is -0.136. The summed E-state index contributed by atoms with van der Waals surface area (Å²) in [6, 6.07) is 16.3. The summed E-state index contributed by atoms with van der Waals surface area (Å²) in [6.07, 6.45) is 5.33. The molecule has 0 aromatic heterocycles. The van der Waals surface area contributed by atoms with Crippen molar-refractivity contribution < 1.29 is 14.4 Å². The maximum atomic E-state index is 13.4. The maximum Gasteiger partial charge on any atom is 0.253 e. The molecule has 0 saturated carbocycles. The van der Waals surface area contributed by atoms with Gasteiger partial charge in [0.2, 0.25) is 5.91 Å². The normalized spacial score (nSPS) is 15.4. The standard InChI is InChI=1S/C29H39N3O3/c1-4-6-8-11-23-14-16-24(17-15-23)27(33)30-26(22(3)5-2)29(35)32-20-18-31(19-21-32)28(34)25-12-9-7-10-13-25/h7,9-10,12-17,22,26H,4-6,8,11,18-21H2,1-3H3,(H,30,33). The van der Waals surface area contributed by atoms with Gasteiger partial charge in [-0.2, -0.15) is 0 Å². The van der Waals surface area contributed by atoms with E-state index in [4.69, 9.17) is 0 Å². The Morgan fingerprint density at radius 1 is 0.829 bits per heavy atom. The zero-order chi connectivity index (χ0) is 25.2. The smallest absolute Gasteiger partial charge is 0.253 e. The number of carbonyl (C=O) groups excluding carboxylic acids is 3. The number of rotatable bonds is 10. The molecule has 1 saturated heterocycles. The molecule has 2 atom stereocenters.